The summed E-state index contributed by atoms with van der Waals surface area (Å²) in [4.78, 5) is 16.7. The van der Waals surface area contributed by atoms with Crippen LogP contribution in [0.2, 0.25) is 10.2 Å². The first-order valence-electron chi connectivity index (χ1n) is 2.67. The van der Waals surface area contributed by atoms with Crippen LogP contribution in [-0.2, 0) is 0 Å². The molecule has 64 valence electrons. The van der Waals surface area contributed by atoms with Gasteiger partial charge >= 0.3 is 5.97 Å². The molecule has 0 aliphatic carbocycles. The third-order valence-electron chi connectivity index (χ3n) is 0.985. The Morgan fingerprint density at radius 3 is 2.33 bits per heavy atom. The number of hydrogen-bond donors (Lipinski definition) is 2. The van der Waals surface area contributed by atoms with Crippen LogP contribution in [0.5, 0.6) is 5.88 Å². The Kier molecular flexibility index (Phi) is 2.35. The van der Waals surface area contributed by atoms with Crippen molar-refractivity contribution in [3.05, 3.63) is 16.0 Å². The van der Waals surface area contributed by atoms with Gasteiger partial charge in [0.15, 0.2) is 5.15 Å². The van der Waals surface area contributed by atoms with E-state index in [2.05, 4.69) is 9.97 Å². The Balaban J connectivity index is 3.31. The van der Waals surface area contributed by atoms with Gasteiger partial charge in [0.05, 0.1) is 0 Å². The normalized spacial score (nSPS) is 9.83. The summed E-state index contributed by atoms with van der Waals surface area (Å²) < 4.78 is 0. The lowest BCUT2D eigenvalue weighted by Gasteiger charge is -1.98. The maximum atomic E-state index is 10.3. The van der Waals surface area contributed by atoms with Crippen molar-refractivity contribution in [2.45, 2.75) is 0 Å². The summed E-state index contributed by atoms with van der Waals surface area (Å²) in [6.07, 6.45) is 0. The number of nitrogens with zero attached hydrogens (tertiary/aromatic N) is 2. The van der Waals surface area contributed by atoms with Gasteiger partial charge in [0.25, 0.3) is 0 Å². The number of carbonyl (C=O) groups is 1. The highest BCUT2D eigenvalue weighted by molar-refractivity contribution is 6.42. The van der Waals surface area contributed by atoms with Crippen LogP contribution in [0, 0.1) is 0 Å². The maximum Gasteiger partial charge on any atom is 0.374 e. The molecule has 1 heterocycles. The molecule has 1 aromatic heterocycles. The highest BCUT2D eigenvalue weighted by Crippen LogP contribution is 2.26. The summed E-state index contributed by atoms with van der Waals surface area (Å²) >= 11 is 10.7. The van der Waals surface area contributed by atoms with Gasteiger partial charge in [-0.25, -0.2) is 9.78 Å². The minimum absolute atomic E-state index is 0.262. The lowest BCUT2D eigenvalue weighted by atomic mass is 10.5. The number of aromatic hydroxyl groups is 1. The molecule has 0 bridgehead atoms. The summed E-state index contributed by atoms with van der Waals surface area (Å²) in [7, 11) is 0. The van der Waals surface area contributed by atoms with Gasteiger partial charge in [-0.1, -0.05) is 23.2 Å². The molecular formula is C5H2Cl2N2O3. The summed E-state index contributed by atoms with van der Waals surface area (Å²) in [5, 5.41) is 16.7. The molecule has 0 saturated carbocycles. The van der Waals surface area contributed by atoms with Crippen LogP contribution in [0.25, 0.3) is 0 Å². The molecule has 0 aromatic carbocycles. The van der Waals surface area contributed by atoms with Crippen molar-refractivity contribution in [3.8, 4) is 5.88 Å². The fourth-order valence-corrected chi connectivity index (χ4v) is 0.753. The van der Waals surface area contributed by atoms with Gasteiger partial charge in [-0.05, 0) is 0 Å². The van der Waals surface area contributed by atoms with Crippen LogP contribution >= 0.6 is 23.2 Å². The minimum atomic E-state index is -1.39. The Bertz CT molecular complexity index is 318. The van der Waals surface area contributed by atoms with Gasteiger partial charge < -0.3 is 10.2 Å². The Morgan fingerprint density at radius 1 is 1.33 bits per heavy atom. The molecule has 0 saturated heterocycles. The molecule has 1 aromatic rings. The molecule has 5 nitrogen and oxygen atoms in total. The minimum Gasteiger partial charge on any atom is -0.492 e. The molecule has 0 fully saturated rings. The molecule has 0 aliphatic heterocycles. The van der Waals surface area contributed by atoms with Gasteiger partial charge in [0.1, 0.15) is 5.02 Å². The number of aromatic nitrogens is 2. The van der Waals surface area contributed by atoms with Gasteiger partial charge in [0, 0.05) is 0 Å². The average molecular weight is 209 g/mol. The lowest BCUT2D eigenvalue weighted by Crippen LogP contribution is -2.04. The highest BCUT2D eigenvalue weighted by Gasteiger charge is 2.14. The van der Waals surface area contributed by atoms with E-state index in [4.69, 9.17) is 33.4 Å². The summed E-state index contributed by atoms with van der Waals surface area (Å²) in [5.41, 5.74) is 0. The van der Waals surface area contributed by atoms with Crippen molar-refractivity contribution < 1.29 is 15.0 Å². The van der Waals surface area contributed by atoms with Crippen LogP contribution < -0.4 is 0 Å². The van der Waals surface area contributed by atoms with E-state index in [1.165, 1.54) is 0 Å². The molecule has 1 rings (SSSR count). The van der Waals surface area contributed by atoms with Crippen LogP contribution in [0.3, 0.4) is 0 Å². The molecule has 0 spiro atoms. The highest BCUT2D eigenvalue weighted by atomic mass is 35.5. The third kappa shape index (κ3) is 1.57. The second-order valence-corrected chi connectivity index (χ2v) is 2.52. The van der Waals surface area contributed by atoms with Crippen LogP contribution in [0.15, 0.2) is 0 Å². The predicted octanol–water partition coefficient (Wildman–Crippen LogP) is 1.19. The van der Waals surface area contributed by atoms with E-state index < -0.39 is 17.7 Å². The molecule has 0 aliphatic rings. The van der Waals surface area contributed by atoms with Gasteiger partial charge in [0.2, 0.25) is 11.7 Å². The zero-order chi connectivity index (χ0) is 9.30. The molecule has 0 atom stereocenters. The maximum absolute atomic E-state index is 10.3. The average Bonchev–Trinajstić information content (AvgIpc) is 1.99. The monoisotopic (exact) mass is 208 g/mol. The molecule has 0 unspecified atom stereocenters. The van der Waals surface area contributed by atoms with Crippen molar-refractivity contribution in [2.24, 2.45) is 0 Å². The van der Waals surface area contributed by atoms with Crippen molar-refractivity contribution in [3.63, 3.8) is 0 Å². The smallest absolute Gasteiger partial charge is 0.374 e. The van der Waals surface area contributed by atoms with Crippen molar-refractivity contribution >= 4 is 29.2 Å². The van der Waals surface area contributed by atoms with E-state index >= 15 is 0 Å². The Morgan fingerprint density at radius 2 is 1.92 bits per heavy atom. The van der Waals surface area contributed by atoms with Crippen molar-refractivity contribution in [1.29, 1.82) is 0 Å². The summed E-state index contributed by atoms with van der Waals surface area (Å²) in [5.74, 6) is -2.63. The van der Waals surface area contributed by atoms with E-state index in [0.29, 0.717) is 0 Å². The molecule has 0 radical (unpaired) electrons. The van der Waals surface area contributed by atoms with E-state index in [0.717, 1.165) is 0 Å². The summed E-state index contributed by atoms with van der Waals surface area (Å²) in [6, 6.07) is 0. The standard InChI is InChI=1S/C5H2Cl2N2O3/c6-1-2(7)8-3(5(11)12)9-4(1)10/h(H,11,12)(H,8,9,10). The number of carboxylic acids is 1. The zero-order valence-corrected chi connectivity index (χ0v) is 6.96. The zero-order valence-electron chi connectivity index (χ0n) is 5.45. The van der Waals surface area contributed by atoms with E-state index in [1.807, 2.05) is 0 Å². The van der Waals surface area contributed by atoms with Crippen LogP contribution in [-0.4, -0.2) is 26.2 Å². The lowest BCUT2D eigenvalue weighted by molar-refractivity contribution is 0.0682. The first-order chi connectivity index (χ1) is 5.52. The number of halogens is 2. The van der Waals surface area contributed by atoms with E-state index in [-0.39, 0.29) is 10.2 Å². The molecule has 7 heteroatoms. The fourth-order valence-electron chi connectivity index (χ4n) is 0.504. The number of hydrogen-bond acceptors (Lipinski definition) is 4. The second-order valence-electron chi connectivity index (χ2n) is 1.78. The van der Waals surface area contributed by atoms with Gasteiger partial charge in [-0.2, -0.15) is 4.98 Å². The Hall–Kier alpha value is -1.07. The number of aromatic carboxylic acids is 1. The van der Waals surface area contributed by atoms with E-state index in [9.17, 15) is 4.79 Å². The summed E-state index contributed by atoms with van der Waals surface area (Å²) in [6.45, 7) is 0. The van der Waals surface area contributed by atoms with Crippen molar-refractivity contribution in [2.75, 3.05) is 0 Å². The first-order valence-corrected chi connectivity index (χ1v) is 3.43. The van der Waals surface area contributed by atoms with E-state index in [1.54, 1.807) is 0 Å². The molecular weight excluding hydrogens is 207 g/mol. The third-order valence-corrected chi connectivity index (χ3v) is 1.70. The first kappa shape index (κ1) is 9.02. The largest absolute Gasteiger partial charge is 0.492 e. The molecule has 0 amide bonds. The Labute approximate surface area is 76.6 Å². The predicted molar refractivity (Wildman–Crippen MR) is 40.7 cm³/mol. The topological polar surface area (TPSA) is 83.3 Å². The quantitative estimate of drug-likeness (QED) is 0.678. The van der Waals surface area contributed by atoms with Crippen LogP contribution in [0.4, 0.5) is 0 Å². The van der Waals surface area contributed by atoms with Crippen LogP contribution in [0.1, 0.15) is 10.6 Å². The van der Waals surface area contributed by atoms with Crippen molar-refractivity contribution in [1.82, 2.24) is 9.97 Å². The number of carboxylic acid groups (broad SMARTS) is 1. The fraction of sp³-hybridized carbons (Fsp3) is 0. The number of rotatable bonds is 1. The van der Waals surface area contributed by atoms with Gasteiger partial charge in [-0.3, -0.25) is 0 Å². The second kappa shape index (κ2) is 3.12. The molecule has 2 N–H and O–H groups in total. The van der Waals surface area contributed by atoms with Gasteiger partial charge in [-0.15, -0.1) is 0 Å². The molecule has 12 heavy (non-hydrogen) atoms. The SMILES string of the molecule is O=C(O)c1nc(O)c(Cl)c(Cl)n1.